The Morgan fingerprint density at radius 2 is 2.08 bits per heavy atom. The number of hydrogen-bond acceptors (Lipinski definition) is 5. The van der Waals surface area contributed by atoms with E-state index >= 15 is 0 Å². The summed E-state index contributed by atoms with van der Waals surface area (Å²) in [5, 5.41) is 9.58. The summed E-state index contributed by atoms with van der Waals surface area (Å²) in [5.74, 6) is 0.613. The summed E-state index contributed by atoms with van der Waals surface area (Å²) < 4.78 is 4.91. The average molecular weight is 380 g/mol. The van der Waals surface area contributed by atoms with Crippen molar-refractivity contribution >= 4 is 29.2 Å². The third-order valence-electron chi connectivity index (χ3n) is 3.46. The molecule has 2 aromatic rings. The molecule has 1 aromatic heterocycles. The van der Waals surface area contributed by atoms with E-state index in [-0.39, 0.29) is 29.5 Å². The highest BCUT2D eigenvalue weighted by Crippen LogP contribution is 2.21. The molecule has 26 heavy (non-hydrogen) atoms. The number of amides is 3. The Morgan fingerprint density at radius 1 is 1.35 bits per heavy atom. The van der Waals surface area contributed by atoms with Crippen LogP contribution in [-0.2, 0) is 6.54 Å². The average Bonchev–Trinajstić information content (AvgIpc) is 2.97. The van der Waals surface area contributed by atoms with E-state index < -0.39 is 0 Å². The SMILES string of the molecule is CCN(Cc1noc(C)n1)C(=O)Nc1ccc(C(=O)NC(C)C)c(Cl)c1. The lowest BCUT2D eigenvalue weighted by Gasteiger charge is -2.20. The van der Waals surface area contributed by atoms with Crippen LogP contribution in [0.25, 0.3) is 0 Å². The van der Waals surface area contributed by atoms with Crippen LogP contribution < -0.4 is 10.6 Å². The van der Waals surface area contributed by atoms with Crippen molar-refractivity contribution in [2.45, 2.75) is 40.3 Å². The van der Waals surface area contributed by atoms with Crippen molar-refractivity contribution in [2.75, 3.05) is 11.9 Å². The van der Waals surface area contributed by atoms with Gasteiger partial charge in [-0.25, -0.2) is 4.79 Å². The van der Waals surface area contributed by atoms with Crippen molar-refractivity contribution in [2.24, 2.45) is 0 Å². The van der Waals surface area contributed by atoms with Gasteiger partial charge in [0.2, 0.25) is 5.89 Å². The third-order valence-corrected chi connectivity index (χ3v) is 3.77. The van der Waals surface area contributed by atoms with Crippen LogP contribution in [0.4, 0.5) is 10.5 Å². The molecule has 9 heteroatoms. The minimum atomic E-state index is -0.328. The van der Waals surface area contributed by atoms with E-state index in [2.05, 4.69) is 20.8 Å². The van der Waals surface area contributed by atoms with Gasteiger partial charge in [-0.1, -0.05) is 16.8 Å². The molecule has 1 aromatic carbocycles. The number of halogens is 1. The molecule has 8 nitrogen and oxygen atoms in total. The van der Waals surface area contributed by atoms with Crippen LogP contribution in [0.5, 0.6) is 0 Å². The van der Waals surface area contributed by atoms with Crippen LogP contribution in [-0.4, -0.2) is 39.6 Å². The molecule has 0 fully saturated rings. The molecule has 0 aliphatic rings. The van der Waals surface area contributed by atoms with Crippen LogP contribution in [0.3, 0.4) is 0 Å². The van der Waals surface area contributed by atoms with E-state index in [4.69, 9.17) is 16.1 Å². The first kappa shape index (κ1) is 19.7. The molecule has 2 rings (SSSR count). The first-order valence-corrected chi connectivity index (χ1v) is 8.63. The molecule has 0 spiro atoms. The largest absolute Gasteiger partial charge is 0.350 e. The smallest absolute Gasteiger partial charge is 0.322 e. The standard InChI is InChI=1S/C17H22ClN5O3/c1-5-23(9-15-20-11(4)26-22-15)17(25)21-12-6-7-13(14(18)8-12)16(24)19-10(2)3/h6-8,10H,5,9H2,1-4H3,(H,19,24)(H,21,25). The molecular weight excluding hydrogens is 358 g/mol. The van der Waals surface area contributed by atoms with E-state index in [1.54, 1.807) is 25.1 Å². The van der Waals surface area contributed by atoms with E-state index in [1.165, 1.54) is 4.90 Å². The second-order valence-corrected chi connectivity index (χ2v) is 6.40. The van der Waals surface area contributed by atoms with Gasteiger partial charge in [-0.15, -0.1) is 0 Å². The number of aromatic nitrogens is 2. The molecule has 0 saturated heterocycles. The molecule has 140 valence electrons. The number of nitrogens with one attached hydrogen (secondary N) is 2. The summed E-state index contributed by atoms with van der Waals surface area (Å²) in [6, 6.07) is 4.43. The van der Waals surface area contributed by atoms with Crippen molar-refractivity contribution in [3.8, 4) is 0 Å². The summed E-state index contributed by atoms with van der Waals surface area (Å²) >= 11 is 6.18. The number of carbonyl (C=O) groups is 2. The van der Waals surface area contributed by atoms with Crippen molar-refractivity contribution in [1.29, 1.82) is 0 Å². The molecular formula is C17H22ClN5O3. The number of nitrogens with zero attached hydrogens (tertiary/aromatic N) is 3. The van der Waals surface area contributed by atoms with Gasteiger partial charge in [0.1, 0.15) is 0 Å². The van der Waals surface area contributed by atoms with Gasteiger partial charge in [0.15, 0.2) is 5.82 Å². The minimum Gasteiger partial charge on any atom is -0.350 e. The lowest BCUT2D eigenvalue weighted by atomic mass is 10.2. The second-order valence-electron chi connectivity index (χ2n) is 6.00. The molecule has 0 saturated carbocycles. The van der Waals surface area contributed by atoms with Gasteiger partial charge in [0.25, 0.3) is 5.91 Å². The topological polar surface area (TPSA) is 100 Å². The van der Waals surface area contributed by atoms with Gasteiger partial charge in [-0.05, 0) is 39.0 Å². The number of urea groups is 1. The van der Waals surface area contributed by atoms with Gasteiger partial charge < -0.3 is 20.1 Å². The zero-order chi connectivity index (χ0) is 19.3. The second kappa shape index (κ2) is 8.66. The normalized spacial score (nSPS) is 10.7. The van der Waals surface area contributed by atoms with E-state index in [0.29, 0.717) is 29.5 Å². The van der Waals surface area contributed by atoms with Gasteiger partial charge in [-0.3, -0.25) is 4.79 Å². The number of anilines is 1. The number of aryl methyl sites for hydroxylation is 1. The Bertz CT molecular complexity index is 790. The zero-order valence-corrected chi connectivity index (χ0v) is 15.9. The highest BCUT2D eigenvalue weighted by Gasteiger charge is 2.17. The molecule has 0 atom stereocenters. The lowest BCUT2D eigenvalue weighted by Crippen LogP contribution is -2.34. The van der Waals surface area contributed by atoms with Crippen molar-refractivity contribution in [1.82, 2.24) is 20.4 Å². The molecule has 0 aliphatic heterocycles. The van der Waals surface area contributed by atoms with Crippen molar-refractivity contribution < 1.29 is 14.1 Å². The van der Waals surface area contributed by atoms with Gasteiger partial charge in [0.05, 0.1) is 17.1 Å². The van der Waals surface area contributed by atoms with Crippen LogP contribution in [0, 0.1) is 6.92 Å². The van der Waals surface area contributed by atoms with Gasteiger partial charge in [-0.2, -0.15) is 4.98 Å². The maximum atomic E-state index is 12.4. The predicted octanol–water partition coefficient (Wildman–Crippen LogP) is 3.22. The van der Waals surface area contributed by atoms with Crippen LogP contribution in [0.1, 0.15) is 42.8 Å². The number of rotatable bonds is 6. The molecule has 0 aliphatic carbocycles. The van der Waals surface area contributed by atoms with E-state index in [0.717, 1.165) is 0 Å². The fourth-order valence-corrected chi connectivity index (χ4v) is 2.49. The lowest BCUT2D eigenvalue weighted by molar-refractivity contribution is 0.0943. The zero-order valence-electron chi connectivity index (χ0n) is 15.2. The number of carbonyl (C=O) groups excluding carboxylic acids is 2. The minimum absolute atomic E-state index is 0.00448. The Hall–Kier alpha value is -2.61. The monoisotopic (exact) mass is 379 g/mol. The number of hydrogen-bond donors (Lipinski definition) is 2. The maximum Gasteiger partial charge on any atom is 0.322 e. The Labute approximate surface area is 156 Å². The molecule has 0 bridgehead atoms. The Balaban J connectivity index is 2.05. The van der Waals surface area contributed by atoms with E-state index in [1.807, 2.05) is 20.8 Å². The molecule has 3 amide bonds. The third kappa shape index (κ3) is 5.19. The fourth-order valence-electron chi connectivity index (χ4n) is 2.22. The molecule has 0 unspecified atom stereocenters. The van der Waals surface area contributed by atoms with Crippen LogP contribution in [0.15, 0.2) is 22.7 Å². The highest BCUT2D eigenvalue weighted by molar-refractivity contribution is 6.34. The Kier molecular flexibility index (Phi) is 6.57. The quantitative estimate of drug-likeness (QED) is 0.802. The summed E-state index contributed by atoms with van der Waals surface area (Å²) in [6.45, 7) is 7.95. The Morgan fingerprint density at radius 3 is 2.62 bits per heavy atom. The van der Waals surface area contributed by atoms with E-state index in [9.17, 15) is 9.59 Å². The first-order valence-electron chi connectivity index (χ1n) is 8.25. The van der Waals surface area contributed by atoms with Crippen molar-refractivity contribution in [3.05, 3.63) is 40.5 Å². The summed E-state index contributed by atoms with van der Waals surface area (Å²) in [5.41, 5.74) is 0.844. The highest BCUT2D eigenvalue weighted by atomic mass is 35.5. The first-order chi connectivity index (χ1) is 12.3. The van der Waals surface area contributed by atoms with Crippen molar-refractivity contribution in [3.63, 3.8) is 0 Å². The predicted molar refractivity (Wildman–Crippen MR) is 98.2 cm³/mol. The summed E-state index contributed by atoms with van der Waals surface area (Å²) in [6.07, 6.45) is 0. The summed E-state index contributed by atoms with van der Waals surface area (Å²) in [4.78, 5) is 30.1. The molecule has 0 radical (unpaired) electrons. The van der Waals surface area contributed by atoms with Crippen LogP contribution in [0.2, 0.25) is 5.02 Å². The summed E-state index contributed by atoms with van der Waals surface area (Å²) in [7, 11) is 0. The van der Waals surface area contributed by atoms with Gasteiger partial charge in [0, 0.05) is 25.2 Å². The maximum absolute atomic E-state index is 12.4. The number of benzene rings is 1. The fraction of sp³-hybridized carbons (Fsp3) is 0.412. The van der Waals surface area contributed by atoms with Crippen LogP contribution >= 0.6 is 11.6 Å². The molecule has 2 N–H and O–H groups in total. The van der Waals surface area contributed by atoms with Gasteiger partial charge >= 0.3 is 6.03 Å². The molecule has 1 heterocycles.